The highest BCUT2D eigenvalue weighted by molar-refractivity contribution is 9.10. The number of carbonyl (C=O) groups excluding carboxylic acids is 1. The zero-order valence-corrected chi connectivity index (χ0v) is 14.7. The molecule has 0 aliphatic rings. The second-order valence-corrected chi connectivity index (χ2v) is 6.16. The highest BCUT2D eigenvalue weighted by Crippen LogP contribution is 2.27. The van der Waals surface area contributed by atoms with Crippen LogP contribution in [0.15, 0.2) is 77.5 Å². The molecule has 0 spiro atoms. The van der Waals surface area contributed by atoms with Crippen LogP contribution in [0, 0.1) is 0 Å². The maximum atomic E-state index is 12.7. The molecule has 0 aliphatic heterocycles. The minimum Gasteiger partial charge on any atom is -0.344 e. The minimum absolute atomic E-state index is 0.149. The Kier molecular flexibility index (Phi) is 4.91. The molecule has 3 aromatic rings. The van der Waals surface area contributed by atoms with E-state index in [4.69, 9.17) is 0 Å². The fourth-order valence-corrected chi connectivity index (χ4v) is 2.83. The molecule has 24 heavy (non-hydrogen) atoms. The lowest BCUT2D eigenvalue weighted by Crippen LogP contribution is -2.18. The van der Waals surface area contributed by atoms with Gasteiger partial charge in [0.15, 0.2) is 0 Å². The molecule has 0 unspecified atom stereocenters. The third-order valence-electron chi connectivity index (χ3n) is 3.64. The average molecular weight is 382 g/mol. The Hall–Kier alpha value is -2.66. The van der Waals surface area contributed by atoms with E-state index in [1.54, 1.807) is 12.4 Å². The van der Waals surface area contributed by atoms with Crippen molar-refractivity contribution < 1.29 is 4.79 Å². The molecule has 120 valence electrons. The standard InChI is InChI=1S/C19H16BrN3O/c1-23(16-9-11-21-12-10-16)18-8-3-2-7-17(18)19(24)22-15-6-4-5-14(20)13-15/h2-13H,1H3,(H,22,24). The Balaban J connectivity index is 1.90. The summed E-state index contributed by atoms with van der Waals surface area (Å²) in [6.07, 6.45) is 3.46. The van der Waals surface area contributed by atoms with Crippen LogP contribution in [0.2, 0.25) is 0 Å². The van der Waals surface area contributed by atoms with Crippen LogP contribution in [-0.4, -0.2) is 17.9 Å². The van der Waals surface area contributed by atoms with Gasteiger partial charge in [0.1, 0.15) is 0 Å². The van der Waals surface area contributed by atoms with Gasteiger partial charge in [-0.3, -0.25) is 9.78 Å². The van der Waals surface area contributed by atoms with Crippen molar-refractivity contribution in [2.45, 2.75) is 0 Å². The third kappa shape index (κ3) is 3.63. The van der Waals surface area contributed by atoms with E-state index in [0.29, 0.717) is 5.56 Å². The second kappa shape index (κ2) is 7.27. The summed E-state index contributed by atoms with van der Waals surface area (Å²) in [4.78, 5) is 18.7. The fourth-order valence-electron chi connectivity index (χ4n) is 2.43. The molecular weight excluding hydrogens is 366 g/mol. The van der Waals surface area contributed by atoms with Crippen molar-refractivity contribution in [2.75, 3.05) is 17.3 Å². The number of hydrogen-bond acceptors (Lipinski definition) is 3. The van der Waals surface area contributed by atoms with Gasteiger partial charge in [0.2, 0.25) is 0 Å². The molecule has 1 amide bonds. The number of anilines is 3. The number of rotatable bonds is 4. The van der Waals surface area contributed by atoms with E-state index >= 15 is 0 Å². The number of aromatic nitrogens is 1. The zero-order chi connectivity index (χ0) is 16.9. The summed E-state index contributed by atoms with van der Waals surface area (Å²) < 4.78 is 0.919. The molecule has 4 nitrogen and oxygen atoms in total. The van der Waals surface area contributed by atoms with E-state index in [-0.39, 0.29) is 5.91 Å². The van der Waals surface area contributed by atoms with E-state index in [1.165, 1.54) is 0 Å². The zero-order valence-electron chi connectivity index (χ0n) is 13.1. The Labute approximate surface area is 149 Å². The Bertz CT molecular complexity index is 852. The molecular formula is C19H16BrN3O. The molecule has 0 atom stereocenters. The number of pyridine rings is 1. The van der Waals surface area contributed by atoms with Gasteiger partial charge in [0.05, 0.1) is 11.3 Å². The summed E-state index contributed by atoms with van der Waals surface area (Å²) in [6, 6.07) is 18.9. The smallest absolute Gasteiger partial charge is 0.257 e. The highest BCUT2D eigenvalue weighted by Gasteiger charge is 2.15. The highest BCUT2D eigenvalue weighted by atomic mass is 79.9. The molecule has 0 aliphatic carbocycles. The number of nitrogens with zero attached hydrogens (tertiary/aromatic N) is 2. The van der Waals surface area contributed by atoms with Crippen LogP contribution in [0.3, 0.4) is 0 Å². The van der Waals surface area contributed by atoms with Gasteiger partial charge in [-0.05, 0) is 42.5 Å². The van der Waals surface area contributed by atoms with Crippen molar-refractivity contribution >= 4 is 38.9 Å². The Morgan fingerprint density at radius 1 is 1.04 bits per heavy atom. The third-order valence-corrected chi connectivity index (χ3v) is 4.14. The number of para-hydroxylation sites is 1. The van der Waals surface area contributed by atoms with Gasteiger partial charge in [0.25, 0.3) is 5.91 Å². The first-order valence-corrected chi connectivity index (χ1v) is 8.24. The molecule has 1 heterocycles. The molecule has 0 radical (unpaired) electrons. The van der Waals surface area contributed by atoms with E-state index in [2.05, 4.69) is 26.2 Å². The second-order valence-electron chi connectivity index (χ2n) is 5.25. The van der Waals surface area contributed by atoms with Crippen LogP contribution in [0.1, 0.15) is 10.4 Å². The van der Waals surface area contributed by atoms with Gasteiger partial charge in [-0.1, -0.05) is 34.1 Å². The number of carbonyl (C=O) groups is 1. The first-order valence-electron chi connectivity index (χ1n) is 7.45. The van der Waals surface area contributed by atoms with Gasteiger partial charge in [0, 0.05) is 35.3 Å². The van der Waals surface area contributed by atoms with Crippen molar-refractivity contribution in [3.63, 3.8) is 0 Å². The van der Waals surface area contributed by atoms with Crippen molar-refractivity contribution in [1.29, 1.82) is 0 Å². The van der Waals surface area contributed by atoms with Gasteiger partial charge >= 0.3 is 0 Å². The first kappa shape index (κ1) is 16.2. The topological polar surface area (TPSA) is 45.2 Å². The average Bonchev–Trinajstić information content (AvgIpc) is 2.62. The van der Waals surface area contributed by atoms with Crippen LogP contribution in [-0.2, 0) is 0 Å². The molecule has 3 rings (SSSR count). The van der Waals surface area contributed by atoms with Gasteiger partial charge < -0.3 is 10.2 Å². The van der Waals surface area contributed by atoms with Crippen LogP contribution in [0.25, 0.3) is 0 Å². The summed E-state index contributed by atoms with van der Waals surface area (Å²) in [5.41, 5.74) is 3.15. The summed E-state index contributed by atoms with van der Waals surface area (Å²) in [5.74, 6) is -0.149. The normalized spacial score (nSPS) is 10.2. The molecule has 1 N–H and O–H groups in total. The van der Waals surface area contributed by atoms with E-state index < -0.39 is 0 Å². The maximum Gasteiger partial charge on any atom is 0.257 e. The van der Waals surface area contributed by atoms with Crippen molar-refractivity contribution in [3.8, 4) is 0 Å². The lowest BCUT2D eigenvalue weighted by molar-refractivity contribution is 0.102. The number of amides is 1. The summed E-state index contributed by atoms with van der Waals surface area (Å²) in [5, 5.41) is 2.94. The maximum absolute atomic E-state index is 12.7. The van der Waals surface area contributed by atoms with Crippen molar-refractivity contribution in [2.24, 2.45) is 0 Å². The van der Waals surface area contributed by atoms with Crippen molar-refractivity contribution in [1.82, 2.24) is 4.98 Å². The number of halogens is 1. The lowest BCUT2D eigenvalue weighted by atomic mass is 10.1. The molecule has 0 saturated carbocycles. The molecule has 5 heteroatoms. The number of hydrogen-bond donors (Lipinski definition) is 1. The monoisotopic (exact) mass is 381 g/mol. The molecule has 2 aromatic carbocycles. The van der Waals surface area contributed by atoms with Gasteiger partial charge in [-0.25, -0.2) is 0 Å². The number of benzene rings is 2. The first-order chi connectivity index (χ1) is 11.6. The summed E-state index contributed by atoms with van der Waals surface area (Å²) in [7, 11) is 1.93. The van der Waals surface area contributed by atoms with Crippen LogP contribution >= 0.6 is 15.9 Å². The van der Waals surface area contributed by atoms with E-state index in [1.807, 2.05) is 72.6 Å². The molecule has 0 saturated heterocycles. The van der Waals surface area contributed by atoms with Crippen LogP contribution in [0.5, 0.6) is 0 Å². The van der Waals surface area contributed by atoms with E-state index in [9.17, 15) is 4.79 Å². The summed E-state index contributed by atoms with van der Waals surface area (Å²) >= 11 is 3.41. The number of nitrogens with one attached hydrogen (secondary N) is 1. The Morgan fingerprint density at radius 3 is 2.54 bits per heavy atom. The minimum atomic E-state index is -0.149. The van der Waals surface area contributed by atoms with Crippen LogP contribution in [0.4, 0.5) is 17.1 Å². The Morgan fingerprint density at radius 2 is 1.79 bits per heavy atom. The van der Waals surface area contributed by atoms with E-state index in [0.717, 1.165) is 21.5 Å². The van der Waals surface area contributed by atoms with Gasteiger partial charge in [-0.15, -0.1) is 0 Å². The molecule has 0 fully saturated rings. The van der Waals surface area contributed by atoms with Crippen molar-refractivity contribution in [3.05, 3.63) is 83.1 Å². The summed E-state index contributed by atoms with van der Waals surface area (Å²) in [6.45, 7) is 0. The van der Waals surface area contributed by atoms with Gasteiger partial charge in [-0.2, -0.15) is 0 Å². The predicted octanol–water partition coefficient (Wildman–Crippen LogP) is 4.86. The lowest BCUT2D eigenvalue weighted by Gasteiger charge is -2.22. The quantitative estimate of drug-likeness (QED) is 0.701. The molecule has 1 aromatic heterocycles. The predicted molar refractivity (Wildman–Crippen MR) is 101 cm³/mol. The van der Waals surface area contributed by atoms with Crippen LogP contribution < -0.4 is 10.2 Å². The molecule has 0 bridgehead atoms. The SMILES string of the molecule is CN(c1ccncc1)c1ccccc1C(=O)Nc1cccc(Br)c1. The fraction of sp³-hybridized carbons (Fsp3) is 0.0526. The largest absolute Gasteiger partial charge is 0.344 e.